The first-order chi connectivity index (χ1) is 5.27. The number of nitrogens with two attached hydrogens (primary N) is 1. The summed E-state index contributed by atoms with van der Waals surface area (Å²) in [5.74, 6) is 0. The Kier molecular flexibility index (Phi) is 138. The van der Waals surface area contributed by atoms with Crippen LogP contribution in [0.15, 0.2) is 24.9 Å². The normalized spacial score (nSPS) is 4.18. The lowest BCUT2D eigenvalue weighted by Crippen LogP contribution is -1.86. The molecular formula is C10H21N. The maximum atomic E-state index is 4.98. The van der Waals surface area contributed by atoms with Crippen LogP contribution in [-0.2, 0) is 0 Å². The smallest absolute Gasteiger partial charge is 0.0234 e. The molecule has 0 aromatic carbocycles. The second-order valence-corrected chi connectivity index (χ2v) is 0.779. The Labute approximate surface area is 72.0 Å². The van der Waals surface area contributed by atoms with Gasteiger partial charge in [-0.3, -0.25) is 0 Å². The van der Waals surface area contributed by atoms with Crippen molar-refractivity contribution in [1.29, 1.82) is 0 Å². The van der Waals surface area contributed by atoms with Gasteiger partial charge < -0.3 is 5.73 Å². The predicted molar refractivity (Wildman–Crippen MR) is 56.1 cm³/mol. The highest BCUT2D eigenvalue weighted by atomic mass is 14.5. The Balaban J connectivity index is -0.0000000350. The fourth-order valence-corrected chi connectivity index (χ4v) is 0. The Morgan fingerprint density at radius 2 is 1.27 bits per heavy atom. The summed E-state index contributed by atoms with van der Waals surface area (Å²) in [7, 11) is 0. The maximum absolute atomic E-state index is 4.98. The van der Waals surface area contributed by atoms with Gasteiger partial charge in [0.25, 0.3) is 0 Å². The molecule has 0 aliphatic rings. The monoisotopic (exact) mass is 155 g/mol. The van der Waals surface area contributed by atoms with Gasteiger partial charge >= 0.3 is 0 Å². The van der Waals surface area contributed by atoms with E-state index in [9.17, 15) is 0 Å². The molecule has 0 fully saturated rings. The SMILES string of the molecule is C#C.C=CC(=C)N.CC.CC. The Morgan fingerprint density at radius 1 is 1.18 bits per heavy atom. The molecule has 66 valence electrons. The van der Waals surface area contributed by atoms with E-state index in [0.29, 0.717) is 5.70 Å². The third kappa shape index (κ3) is 586. The molecule has 0 bridgehead atoms. The van der Waals surface area contributed by atoms with Gasteiger partial charge in [0.2, 0.25) is 0 Å². The summed E-state index contributed by atoms with van der Waals surface area (Å²) in [4.78, 5) is 0. The third-order valence-corrected chi connectivity index (χ3v) is 0.262. The molecule has 0 unspecified atom stereocenters. The summed E-state index contributed by atoms with van der Waals surface area (Å²) in [6, 6.07) is 0. The van der Waals surface area contributed by atoms with Crippen molar-refractivity contribution in [2.75, 3.05) is 0 Å². The molecule has 0 rings (SSSR count). The molecule has 0 radical (unpaired) electrons. The number of terminal acetylenes is 1. The fourth-order valence-electron chi connectivity index (χ4n) is 0. The summed E-state index contributed by atoms with van der Waals surface area (Å²) < 4.78 is 0. The molecule has 2 N–H and O–H groups in total. The summed E-state index contributed by atoms with van der Waals surface area (Å²) in [6.45, 7) is 14.7. The number of hydrogen-bond donors (Lipinski definition) is 1. The zero-order valence-electron chi connectivity index (χ0n) is 8.22. The van der Waals surface area contributed by atoms with Gasteiger partial charge in [-0.15, -0.1) is 12.8 Å². The largest absolute Gasteiger partial charge is 0.399 e. The van der Waals surface area contributed by atoms with Gasteiger partial charge in [-0.2, -0.15) is 0 Å². The van der Waals surface area contributed by atoms with E-state index in [4.69, 9.17) is 5.73 Å². The highest BCUT2D eigenvalue weighted by Gasteiger charge is 1.58. The molecule has 0 heterocycles. The first-order valence-electron chi connectivity index (χ1n) is 3.67. The average molecular weight is 155 g/mol. The second-order valence-electron chi connectivity index (χ2n) is 0.779. The Morgan fingerprint density at radius 3 is 1.27 bits per heavy atom. The van der Waals surface area contributed by atoms with E-state index in [-0.39, 0.29) is 0 Å². The van der Waals surface area contributed by atoms with Crippen LogP contribution in [0.4, 0.5) is 0 Å². The van der Waals surface area contributed by atoms with Crippen LogP contribution < -0.4 is 5.73 Å². The molecule has 0 amide bonds. The first-order valence-corrected chi connectivity index (χ1v) is 3.67. The van der Waals surface area contributed by atoms with Gasteiger partial charge in [-0.25, -0.2) is 0 Å². The van der Waals surface area contributed by atoms with Crippen LogP contribution in [0.3, 0.4) is 0 Å². The lowest BCUT2D eigenvalue weighted by atomic mass is 10.5. The summed E-state index contributed by atoms with van der Waals surface area (Å²) in [5, 5.41) is 0. The molecule has 1 nitrogen and oxygen atoms in total. The minimum absolute atomic E-state index is 0.519. The molecule has 0 aromatic rings. The standard InChI is InChI=1S/C4H7N.2C2H6.C2H2/c1-3-4(2)5;3*1-2/h3H,1-2,5H2;2*1-2H3;1-2H. The van der Waals surface area contributed by atoms with Gasteiger partial charge in [0.05, 0.1) is 0 Å². The van der Waals surface area contributed by atoms with E-state index in [1.165, 1.54) is 6.08 Å². The van der Waals surface area contributed by atoms with Crippen molar-refractivity contribution in [3.63, 3.8) is 0 Å². The van der Waals surface area contributed by atoms with Crippen LogP contribution in [0, 0.1) is 12.8 Å². The van der Waals surface area contributed by atoms with E-state index in [2.05, 4.69) is 26.0 Å². The van der Waals surface area contributed by atoms with Crippen molar-refractivity contribution < 1.29 is 0 Å². The lowest BCUT2D eigenvalue weighted by molar-refractivity contribution is 1.46. The maximum Gasteiger partial charge on any atom is 0.0234 e. The van der Waals surface area contributed by atoms with E-state index in [1.807, 2.05) is 27.7 Å². The van der Waals surface area contributed by atoms with Crippen molar-refractivity contribution in [2.24, 2.45) is 5.73 Å². The first kappa shape index (κ1) is 22.5. The summed E-state index contributed by atoms with van der Waals surface area (Å²) in [6.07, 6.45) is 9.50. The molecule has 0 saturated carbocycles. The highest BCUT2D eigenvalue weighted by Crippen LogP contribution is 1.69. The zero-order chi connectivity index (χ0) is 10.3. The van der Waals surface area contributed by atoms with Crippen LogP contribution in [0.25, 0.3) is 0 Å². The van der Waals surface area contributed by atoms with E-state index in [0.717, 1.165) is 0 Å². The van der Waals surface area contributed by atoms with Crippen LogP contribution in [0.5, 0.6) is 0 Å². The van der Waals surface area contributed by atoms with E-state index < -0.39 is 0 Å². The summed E-state index contributed by atoms with van der Waals surface area (Å²) in [5.41, 5.74) is 5.50. The molecule has 0 atom stereocenters. The number of allylic oxidation sites excluding steroid dienone is 1. The van der Waals surface area contributed by atoms with Gasteiger partial charge in [-0.1, -0.05) is 40.9 Å². The summed E-state index contributed by atoms with van der Waals surface area (Å²) >= 11 is 0. The van der Waals surface area contributed by atoms with Gasteiger partial charge in [-0.05, 0) is 6.08 Å². The third-order valence-electron chi connectivity index (χ3n) is 0.262. The highest BCUT2D eigenvalue weighted by molar-refractivity contribution is 5.04. The fraction of sp³-hybridized carbons (Fsp3) is 0.400. The average Bonchev–Trinajstić information content (AvgIpc) is 2.15. The van der Waals surface area contributed by atoms with Crippen molar-refractivity contribution in [3.8, 4) is 12.8 Å². The van der Waals surface area contributed by atoms with Gasteiger partial charge in [0, 0.05) is 5.70 Å². The second kappa shape index (κ2) is 67.4. The van der Waals surface area contributed by atoms with E-state index >= 15 is 0 Å². The van der Waals surface area contributed by atoms with Crippen molar-refractivity contribution in [3.05, 3.63) is 24.9 Å². The van der Waals surface area contributed by atoms with E-state index in [1.54, 1.807) is 0 Å². The van der Waals surface area contributed by atoms with Gasteiger partial charge in [0.15, 0.2) is 0 Å². The molecule has 11 heavy (non-hydrogen) atoms. The molecule has 0 saturated heterocycles. The van der Waals surface area contributed by atoms with Crippen LogP contribution in [-0.4, -0.2) is 0 Å². The Hall–Kier alpha value is -1.16. The molecule has 0 aliphatic heterocycles. The molecule has 1 heteroatoms. The topological polar surface area (TPSA) is 26.0 Å². The molecule has 0 aromatic heterocycles. The number of hydrogen-bond acceptors (Lipinski definition) is 1. The van der Waals surface area contributed by atoms with Crippen molar-refractivity contribution in [1.82, 2.24) is 0 Å². The molecular weight excluding hydrogens is 134 g/mol. The Bertz CT molecular complexity index is 80.1. The quantitative estimate of drug-likeness (QED) is 0.457. The van der Waals surface area contributed by atoms with Crippen LogP contribution in [0.1, 0.15) is 27.7 Å². The molecule has 0 aliphatic carbocycles. The van der Waals surface area contributed by atoms with Crippen LogP contribution in [0.2, 0.25) is 0 Å². The predicted octanol–water partition coefficient (Wildman–Crippen LogP) is 2.95. The number of rotatable bonds is 1. The molecule has 0 spiro atoms. The minimum atomic E-state index is 0.519. The minimum Gasteiger partial charge on any atom is -0.399 e. The van der Waals surface area contributed by atoms with Crippen molar-refractivity contribution in [2.45, 2.75) is 27.7 Å². The van der Waals surface area contributed by atoms with Gasteiger partial charge in [0.1, 0.15) is 0 Å². The van der Waals surface area contributed by atoms with Crippen LogP contribution >= 0.6 is 0 Å². The zero-order valence-corrected chi connectivity index (χ0v) is 8.22. The van der Waals surface area contributed by atoms with Crippen molar-refractivity contribution >= 4 is 0 Å². The lowest BCUT2D eigenvalue weighted by Gasteiger charge is -1.74.